The number of carbonyl (C=O) groups is 1. The van der Waals surface area contributed by atoms with Gasteiger partial charge < -0.3 is 15.3 Å². The van der Waals surface area contributed by atoms with Crippen LogP contribution in [-0.2, 0) is 29.5 Å². The quantitative estimate of drug-likeness (QED) is 0.519. The molecule has 5 rings (SSSR count). The number of alkyl halides is 3. The number of hydrogen-bond acceptors (Lipinski definition) is 5. The molecular weight excluding hydrogens is 499 g/mol. The smallest absolute Gasteiger partial charge is 0.384 e. The highest BCUT2D eigenvalue weighted by atomic mass is 32.1. The highest BCUT2D eigenvalue weighted by Gasteiger charge is 2.50. The molecule has 2 N–H and O–H groups in total. The number of rotatable bonds is 5. The van der Waals surface area contributed by atoms with Crippen LogP contribution < -0.4 is 5.32 Å². The van der Waals surface area contributed by atoms with Crippen molar-refractivity contribution >= 4 is 17.2 Å². The second-order valence-electron chi connectivity index (χ2n) is 11.5. The van der Waals surface area contributed by atoms with Crippen molar-refractivity contribution in [2.45, 2.75) is 95.6 Å². The van der Waals surface area contributed by atoms with Gasteiger partial charge >= 0.3 is 6.18 Å². The molecule has 1 aromatic heterocycles. The molecule has 0 bridgehead atoms. The van der Waals surface area contributed by atoms with Crippen LogP contribution in [0.2, 0.25) is 0 Å². The van der Waals surface area contributed by atoms with Crippen molar-refractivity contribution < 1.29 is 23.1 Å². The first-order valence-corrected chi connectivity index (χ1v) is 14.2. The number of nitrogens with one attached hydrogen (secondary N) is 1. The number of hydrogen-bond donors (Lipinski definition) is 2. The van der Waals surface area contributed by atoms with Gasteiger partial charge in [-0.3, -0.25) is 9.78 Å². The molecule has 1 unspecified atom stereocenters. The molecule has 2 fully saturated rings. The molecule has 37 heavy (non-hydrogen) atoms. The number of aromatic nitrogens is 1. The molecule has 5 nitrogen and oxygen atoms in total. The fourth-order valence-electron chi connectivity index (χ4n) is 6.69. The average molecular weight is 536 g/mol. The van der Waals surface area contributed by atoms with E-state index in [0.717, 1.165) is 48.6 Å². The van der Waals surface area contributed by atoms with E-state index in [1.54, 1.807) is 22.7 Å². The Morgan fingerprint density at radius 1 is 1.16 bits per heavy atom. The van der Waals surface area contributed by atoms with E-state index in [1.165, 1.54) is 17.4 Å². The second kappa shape index (κ2) is 9.97. The minimum absolute atomic E-state index is 0.0816. The molecule has 0 saturated heterocycles. The number of benzene rings is 1. The van der Waals surface area contributed by atoms with E-state index in [1.807, 2.05) is 0 Å². The number of thiazole rings is 1. The minimum Gasteiger partial charge on any atom is -0.384 e. The molecule has 1 amide bonds. The Morgan fingerprint density at radius 3 is 2.54 bits per heavy atom. The Morgan fingerprint density at radius 2 is 1.89 bits per heavy atom. The number of carbonyl (C=O) groups excluding carboxylic acids is 1. The monoisotopic (exact) mass is 535 g/mol. The van der Waals surface area contributed by atoms with Crippen LogP contribution >= 0.6 is 11.3 Å². The maximum Gasteiger partial charge on any atom is 0.416 e. The summed E-state index contributed by atoms with van der Waals surface area (Å²) in [7, 11) is 0. The summed E-state index contributed by atoms with van der Waals surface area (Å²) in [5.41, 5.74) is 1.32. The lowest BCUT2D eigenvalue weighted by Crippen LogP contribution is -2.49. The fourth-order valence-corrected chi connectivity index (χ4v) is 7.47. The van der Waals surface area contributed by atoms with Gasteiger partial charge in [-0.2, -0.15) is 13.2 Å². The van der Waals surface area contributed by atoms with E-state index in [4.69, 9.17) is 0 Å². The van der Waals surface area contributed by atoms with Crippen molar-refractivity contribution in [2.24, 2.45) is 11.3 Å². The predicted molar refractivity (Wildman–Crippen MR) is 137 cm³/mol. The number of aliphatic hydroxyl groups is 1. The third-order valence-electron chi connectivity index (χ3n) is 9.09. The zero-order valence-corrected chi connectivity index (χ0v) is 22.3. The van der Waals surface area contributed by atoms with Gasteiger partial charge in [0.05, 0.1) is 21.4 Å². The second-order valence-corrected chi connectivity index (χ2v) is 12.4. The standard InChI is InChI=1S/C28H36F3N3O2S/c1-18(2)26(25(35)34-12-8-19-3-4-21(28(29,30)31)13-20(19)16-34)9-5-23(14-26)33-22-6-10-27(36,11-7-22)24-15-32-17-37-24/h3-4,13,15,17-18,22-23,33,36H,5-12,14,16H2,1-2H3/t22?,23?,26-,27?/m0/s1. The maximum atomic E-state index is 13.9. The predicted octanol–water partition coefficient (Wildman–Crippen LogP) is 5.66. The van der Waals surface area contributed by atoms with Gasteiger partial charge in [-0.25, -0.2) is 0 Å². The van der Waals surface area contributed by atoms with Crippen LogP contribution in [0.25, 0.3) is 0 Å². The van der Waals surface area contributed by atoms with E-state index in [-0.39, 0.29) is 24.4 Å². The van der Waals surface area contributed by atoms with Gasteiger partial charge in [0.15, 0.2) is 0 Å². The van der Waals surface area contributed by atoms with E-state index in [2.05, 4.69) is 24.1 Å². The molecule has 1 aromatic carbocycles. The van der Waals surface area contributed by atoms with Crippen molar-refractivity contribution in [2.75, 3.05) is 6.54 Å². The highest BCUT2D eigenvalue weighted by Crippen LogP contribution is 2.47. The molecule has 1 aliphatic heterocycles. The number of halogens is 3. The van der Waals surface area contributed by atoms with Crippen molar-refractivity contribution in [3.8, 4) is 0 Å². The first-order chi connectivity index (χ1) is 17.5. The largest absolute Gasteiger partial charge is 0.416 e. The Labute approximate surface area is 220 Å². The third kappa shape index (κ3) is 5.19. The normalized spacial score (nSPS) is 30.5. The molecule has 202 valence electrons. The van der Waals surface area contributed by atoms with Crippen molar-refractivity contribution in [1.29, 1.82) is 0 Å². The average Bonchev–Trinajstić information content (AvgIpc) is 3.56. The van der Waals surface area contributed by atoms with Crippen LogP contribution in [0, 0.1) is 11.3 Å². The summed E-state index contributed by atoms with van der Waals surface area (Å²) in [6.45, 7) is 4.97. The topological polar surface area (TPSA) is 65.5 Å². The van der Waals surface area contributed by atoms with Crippen LogP contribution in [-0.4, -0.2) is 39.5 Å². The maximum absolute atomic E-state index is 13.9. The van der Waals surface area contributed by atoms with Crippen LogP contribution in [0.15, 0.2) is 29.9 Å². The van der Waals surface area contributed by atoms with Crippen molar-refractivity contribution in [3.05, 3.63) is 51.5 Å². The van der Waals surface area contributed by atoms with Gasteiger partial charge in [0, 0.05) is 31.4 Å². The number of nitrogens with zero attached hydrogens (tertiary/aromatic N) is 2. The first-order valence-electron chi connectivity index (χ1n) is 13.4. The lowest BCUT2D eigenvalue weighted by atomic mass is 9.73. The fraction of sp³-hybridized carbons (Fsp3) is 0.643. The first kappa shape index (κ1) is 26.6. The Kier molecular flexibility index (Phi) is 7.17. The molecule has 2 atom stereocenters. The SMILES string of the molecule is CC(C)[C@]1(C(=O)N2CCc3ccc(C(F)(F)F)cc3C2)CCC(NC2CCC(O)(c3cncs3)CC2)C1. The van der Waals surface area contributed by atoms with Crippen LogP contribution in [0.5, 0.6) is 0 Å². The minimum atomic E-state index is -4.39. The highest BCUT2D eigenvalue weighted by molar-refractivity contribution is 7.09. The van der Waals surface area contributed by atoms with E-state index in [9.17, 15) is 23.1 Å². The van der Waals surface area contributed by atoms with E-state index >= 15 is 0 Å². The molecule has 0 radical (unpaired) electrons. The molecule has 2 heterocycles. The molecule has 2 aliphatic carbocycles. The van der Waals surface area contributed by atoms with Gasteiger partial charge in [-0.15, -0.1) is 11.3 Å². The number of amides is 1. The molecule has 3 aliphatic rings. The molecule has 2 saturated carbocycles. The molecule has 2 aromatic rings. The summed E-state index contributed by atoms with van der Waals surface area (Å²) >= 11 is 1.50. The lowest BCUT2D eigenvalue weighted by molar-refractivity contribution is -0.145. The zero-order chi connectivity index (χ0) is 26.4. The van der Waals surface area contributed by atoms with Crippen LogP contribution in [0.1, 0.15) is 80.4 Å². The molecular formula is C28H36F3N3O2S. The van der Waals surface area contributed by atoms with Gasteiger partial charge in [0.1, 0.15) is 5.60 Å². The summed E-state index contributed by atoms with van der Waals surface area (Å²) in [6, 6.07) is 4.45. The van der Waals surface area contributed by atoms with Gasteiger partial charge in [0.25, 0.3) is 0 Å². The van der Waals surface area contributed by atoms with Crippen molar-refractivity contribution in [3.63, 3.8) is 0 Å². The Bertz CT molecular complexity index is 1110. The Hall–Kier alpha value is -1.97. The lowest BCUT2D eigenvalue weighted by Gasteiger charge is -2.40. The van der Waals surface area contributed by atoms with Crippen LogP contribution in [0.3, 0.4) is 0 Å². The van der Waals surface area contributed by atoms with E-state index in [0.29, 0.717) is 37.4 Å². The summed E-state index contributed by atoms with van der Waals surface area (Å²) < 4.78 is 39.8. The van der Waals surface area contributed by atoms with Crippen molar-refractivity contribution in [1.82, 2.24) is 15.2 Å². The number of fused-ring (bicyclic) bond motifs is 1. The van der Waals surface area contributed by atoms with E-state index < -0.39 is 22.8 Å². The summed E-state index contributed by atoms with van der Waals surface area (Å²) in [5, 5.41) is 14.8. The summed E-state index contributed by atoms with van der Waals surface area (Å²) in [5.74, 6) is 0.218. The molecule has 0 spiro atoms. The van der Waals surface area contributed by atoms with Gasteiger partial charge in [-0.05, 0) is 80.5 Å². The van der Waals surface area contributed by atoms with Gasteiger partial charge in [0.2, 0.25) is 5.91 Å². The third-order valence-corrected chi connectivity index (χ3v) is 10.1. The Balaban J connectivity index is 1.23. The van der Waals surface area contributed by atoms with Gasteiger partial charge in [-0.1, -0.05) is 19.9 Å². The molecule has 9 heteroatoms. The summed E-state index contributed by atoms with van der Waals surface area (Å²) in [6.07, 6.45) is 3.52. The zero-order valence-electron chi connectivity index (χ0n) is 21.5. The summed E-state index contributed by atoms with van der Waals surface area (Å²) in [4.78, 5) is 20.8. The van der Waals surface area contributed by atoms with Crippen LogP contribution in [0.4, 0.5) is 13.2 Å².